The summed E-state index contributed by atoms with van der Waals surface area (Å²) in [6.07, 6.45) is 3.39. The lowest BCUT2D eigenvalue weighted by molar-refractivity contribution is 0.372. The summed E-state index contributed by atoms with van der Waals surface area (Å²) in [5.41, 5.74) is 0.967. The number of hydrogen-bond acceptors (Lipinski definition) is 5. The van der Waals surface area contributed by atoms with E-state index in [4.69, 9.17) is 4.52 Å². The second kappa shape index (κ2) is 9.89. The Morgan fingerprint density at radius 3 is 2.88 bits per heavy atom. The van der Waals surface area contributed by atoms with Crippen molar-refractivity contribution in [2.75, 3.05) is 6.54 Å². The Balaban J connectivity index is 0.00000243. The first-order chi connectivity index (χ1) is 12.2. The number of rotatable bonds is 6. The lowest BCUT2D eigenvalue weighted by Crippen LogP contribution is -2.36. The Bertz CT molecular complexity index is 723. The van der Waals surface area contributed by atoms with E-state index in [1.807, 2.05) is 13.0 Å². The Kier molecular flexibility index (Phi) is 7.85. The number of nitrogens with zero attached hydrogens (tertiary/aromatic N) is 5. The molecule has 1 aliphatic rings. The lowest BCUT2D eigenvalue weighted by Gasteiger charge is -2.14. The van der Waals surface area contributed by atoms with Crippen LogP contribution in [0.2, 0.25) is 0 Å². The van der Waals surface area contributed by atoms with Gasteiger partial charge >= 0.3 is 0 Å². The number of aromatic nitrogens is 4. The second-order valence-corrected chi connectivity index (χ2v) is 6.56. The maximum Gasteiger partial charge on any atom is 0.192 e. The number of hydrogen-bond donors (Lipinski definition) is 2. The molecule has 0 saturated heterocycles. The van der Waals surface area contributed by atoms with Crippen LogP contribution in [0.1, 0.15) is 62.6 Å². The van der Waals surface area contributed by atoms with Gasteiger partial charge in [-0.1, -0.05) is 19.0 Å². The summed E-state index contributed by atoms with van der Waals surface area (Å²) >= 11 is 0. The van der Waals surface area contributed by atoms with Crippen molar-refractivity contribution >= 4 is 29.9 Å². The second-order valence-electron chi connectivity index (χ2n) is 6.56. The van der Waals surface area contributed by atoms with Gasteiger partial charge in [-0.3, -0.25) is 0 Å². The Morgan fingerprint density at radius 1 is 1.31 bits per heavy atom. The predicted octanol–water partition coefficient (Wildman–Crippen LogP) is 2.60. The third-order valence-corrected chi connectivity index (χ3v) is 4.26. The zero-order chi connectivity index (χ0) is 17.6. The molecule has 0 bridgehead atoms. The van der Waals surface area contributed by atoms with Crippen LogP contribution >= 0.6 is 24.0 Å². The number of guanidine groups is 1. The van der Waals surface area contributed by atoms with Crippen molar-refractivity contribution in [1.82, 2.24) is 30.6 Å². The van der Waals surface area contributed by atoms with Crippen molar-refractivity contribution in [1.29, 1.82) is 0 Å². The molecule has 0 radical (unpaired) electrons. The SMILES string of the molecule is CCNC(=NCc1nnc2n1CCCC2)NCc1cc(C(C)C)no1.I. The molecule has 144 valence electrons. The summed E-state index contributed by atoms with van der Waals surface area (Å²) in [6, 6.07) is 1.98. The number of aliphatic imine (C=N–C) groups is 1. The molecule has 0 saturated carbocycles. The molecule has 8 nitrogen and oxygen atoms in total. The quantitative estimate of drug-likeness (QED) is 0.381. The van der Waals surface area contributed by atoms with Crippen molar-refractivity contribution in [3.05, 3.63) is 29.2 Å². The van der Waals surface area contributed by atoms with E-state index in [-0.39, 0.29) is 24.0 Å². The van der Waals surface area contributed by atoms with E-state index < -0.39 is 0 Å². The first-order valence-corrected chi connectivity index (χ1v) is 9.06. The van der Waals surface area contributed by atoms with Crippen molar-refractivity contribution in [3.63, 3.8) is 0 Å². The summed E-state index contributed by atoms with van der Waals surface area (Å²) in [7, 11) is 0. The molecule has 3 rings (SSSR count). The van der Waals surface area contributed by atoms with Crippen LogP contribution in [0.15, 0.2) is 15.6 Å². The molecule has 1 aliphatic heterocycles. The highest BCUT2D eigenvalue weighted by atomic mass is 127. The maximum atomic E-state index is 5.36. The highest BCUT2D eigenvalue weighted by Crippen LogP contribution is 2.15. The third-order valence-electron chi connectivity index (χ3n) is 4.26. The van der Waals surface area contributed by atoms with E-state index in [1.54, 1.807) is 0 Å². The van der Waals surface area contributed by atoms with Crippen molar-refractivity contribution < 1.29 is 4.52 Å². The number of fused-ring (bicyclic) bond motifs is 1. The Labute approximate surface area is 171 Å². The van der Waals surface area contributed by atoms with Gasteiger partial charge < -0.3 is 19.7 Å². The van der Waals surface area contributed by atoms with Crippen LogP contribution in [0.5, 0.6) is 0 Å². The summed E-state index contributed by atoms with van der Waals surface area (Å²) in [5, 5.41) is 19.2. The number of halogens is 1. The van der Waals surface area contributed by atoms with E-state index in [2.05, 4.69) is 49.4 Å². The number of nitrogens with one attached hydrogen (secondary N) is 2. The monoisotopic (exact) mass is 473 g/mol. The van der Waals surface area contributed by atoms with Gasteiger partial charge in [0.15, 0.2) is 17.5 Å². The molecule has 9 heteroatoms. The molecule has 0 amide bonds. The Morgan fingerprint density at radius 2 is 2.15 bits per heavy atom. The first-order valence-electron chi connectivity index (χ1n) is 9.06. The van der Waals surface area contributed by atoms with Gasteiger partial charge in [-0.05, 0) is 25.7 Å². The molecule has 2 aromatic heterocycles. The summed E-state index contributed by atoms with van der Waals surface area (Å²) in [4.78, 5) is 4.63. The van der Waals surface area contributed by atoms with Gasteiger partial charge in [-0.25, -0.2) is 4.99 Å². The fourth-order valence-electron chi connectivity index (χ4n) is 2.83. The minimum Gasteiger partial charge on any atom is -0.359 e. The van der Waals surface area contributed by atoms with E-state index in [1.165, 1.54) is 12.8 Å². The molecular formula is C17H28IN7O. The summed E-state index contributed by atoms with van der Waals surface area (Å²) < 4.78 is 7.55. The van der Waals surface area contributed by atoms with Crippen molar-refractivity contribution in [2.45, 2.75) is 65.6 Å². The molecule has 0 spiro atoms. The van der Waals surface area contributed by atoms with Crippen LogP contribution in [0, 0.1) is 0 Å². The van der Waals surface area contributed by atoms with E-state index >= 15 is 0 Å². The Hall–Kier alpha value is -1.65. The fourth-order valence-corrected chi connectivity index (χ4v) is 2.83. The molecule has 0 unspecified atom stereocenters. The topological polar surface area (TPSA) is 93.2 Å². The van der Waals surface area contributed by atoms with Crippen LogP contribution < -0.4 is 10.6 Å². The highest BCUT2D eigenvalue weighted by molar-refractivity contribution is 14.0. The minimum absolute atomic E-state index is 0. The van der Waals surface area contributed by atoms with Gasteiger partial charge in [0.25, 0.3) is 0 Å². The molecule has 3 heterocycles. The van der Waals surface area contributed by atoms with Crippen molar-refractivity contribution in [3.8, 4) is 0 Å². The van der Waals surface area contributed by atoms with E-state index in [9.17, 15) is 0 Å². The number of aryl methyl sites for hydroxylation is 1. The molecule has 0 aliphatic carbocycles. The normalized spacial score (nSPS) is 14.1. The summed E-state index contributed by atoms with van der Waals surface area (Å²) in [6.45, 7) is 9.07. The standard InChI is InChI=1S/C17H27N7O.HI/c1-4-18-17(19-10-13-9-14(12(2)3)23-25-13)20-11-16-22-21-15-7-5-6-8-24(15)16;/h9,12H,4-8,10-11H2,1-3H3,(H2,18,19,20);1H. The van der Waals surface area contributed by atoms with E-state index in [0.29, 0.717) is 19.0 Å². The molecule has 2 N–H and O–H groups in total. The van der Waals surface area contributed by atoms with Gasteiger partial charge in [-0.15, -0.1) is 34.2 Å². The van der Waals surface area contributed by atoms with Gasteiger partial charge in [-0.2, -0.15) is 0 Å². The zero-order valence-corrected chi connectivity index (χ0v) is 18.0. The maximum absolute atomic E-state index is 5.36. The van der Waals surface area contributed by atoms with Gasteiger partial charge in [0.2, 0.25) is 0 Å². The predicted molar refractivity (Wildman–Crippen MR) is 111 cm³/mol. The van der Waals surface area contributed by atoms with Crippen LogP contribution in [0.3, 0.4) is 0 Å². The fraction of sp³-hybridized carbons (Fsp3) is 0.647. The van der Waals surface area contributed by atoms with Gasteiger partial charge in [0.05, 0.1) is 12.2 Å². The van der Waals surface area contributed by atoms with E-state index in [0.717, 1.165) is 48.6 Å². The van der Waals surface area contributed by atoms with Gasteiger partial charge in [0, 0.05) is 25.6 Å². The van der Waals surface area contributed by atoms with Crippen molar-refractivity contribution in [2.24, 2.45) is 4.99 Å². The minimum atomic E-state index is 0. The van der Waals surface area contributed by atoms with Crippen LogP contribution in [0.4, 0.5) is 0 Å². The lowest BCUT2D eigenvalue weighted by atomic mass is 10.1. The zero-order valence-electron chi connectivity index (χ0n) is 15.7. The molecule has 26 heavy (non-hydrogen) atoms. The van der Waals surface area contributed by atoms with Crippen LogP contribution in [-0.2, 0) is 26.1 Å². The average Bonchev–Trinajstić information content (AvgIpc) is 3.24. The average molecular weight is 473 g/mol. The molecule has 0 atom stereocenters. The third kappa shape index (κ3) is 5.18. The van der Waals surface area contributed by atoms with Gasteiger partial charge in [0.1, 0.15) is 12.4 Å². The molecule has 0 fully saturated rings. The van der Waals surface area contributed by atoms with Crippen LogP contribution in [0.25, 0.3) is 0 Å². The summed E-state index contributed by atoms with van der Waals surface area (Å²) in [5.74, 6) is 3.90. The van der Waals surface area contributed by atoms with Crippen LogP contribution in [-0.4, -0.2) is 32.4 Å². The smallest absolute Gasteiger partial charge is 0.192 e. The highest BCUT2D eigenvalue weighted by Gasteiger charge is 2.15. The molecular weight excluding hydrogens is 445 g/mol. The first kappa shape index (κ1) is 20.7. The largest absolute Gasteiger partial charge is 0.359 e. The molecule has 0 aromatic carbocycles. The molecule has 2 aromatic rings.